The fourth-order valence-electron chi connectivity index (χ4n) is 0.892. The molecule has 0 spiro atoms. The van der Waals surface area contributed by atoms with E-state index in [1.54, 1.807) is 12.3 Å². The van der Waals surface area contributed by atoms with Crippen molar-refractivity contribution in [2.45, 2.75) is 13.5 Å². The van der Waals surface area contributed by atoms with E-state index < -0.39 is 6.09 Å². The summed E-state index contributed by atoms with van der Waals surface area (Å²) in [5, 5.41) is 10.6. The van der Waals surface area contributed by atoms with Crippen LogP contribution in [0.15, 0.2) is 18.3 Å². The molecule has 0 radical (unpaired) electrons. The van der Waals surface area contributed by atoms with Crippen molar-refractivity contribution in [3.8, 4) is 0 Å². The number of carbonyl (C=O) groups is 1. The first-order chi connectivity index (χ1) is 5.68. The van der Waals surface area contributed by atoms with Gasteiger partial charge in [-0.1, -0.05) is 0 Å². The molecule has 4 heteroatoms. The van der Waals surface area contributed by atoms with E-state index in [1.165, 1.54) is 0 Å². The molecule has 0 aliphatic carbocycles. The first kappa shape index (κ1) is 8.52. The molecule has 12 heavy (non-hydrogen) atoms. The van der Waals surface area contributed by atoms with Crippen LogP contribution < -0.4 is 5.32 Å². The fourth-order valence-corrected chi connectivity index (χ4v) is 0.892. The van der Waals surface area contributed by atoms with Crippen molar-refractivity contribution in [2.75, 3.05) is 0 Å². The number of amides is 1. The molecular formula is C8H10N2O2. The van der Waals surface area contributed by atoms with Crippen molar-refractivity contribution in [3.05, 3.63) is 29.6 Å². The van der Waals surface area contributed by atoms with Crippen LogP contribution in [0, 0.1) is 6.92 Å². The van der Waals surface area contributed by atoms with Crippen molar-refractivity contribution in [1.82, 2.24) is 10.3 Å². The zero-order valence-corrected chi connectivity index (χ0v) is 6.74. The molecule has 0 aliphatic heterocycles. The van der Waals surface area contributed by atoms with Crippen molar-refractivity contribution in [3.63, 3.8) is 0 Å². The Bertz CT molecular complexity index is 286. The molecule has 1 aromatic heterocycles. The summed E-state index contributed by atoms with van der Waals surface area (Å²) in [5.41, 5.74) is 1.81. The van der Waals surface area contributed by atoms with Gasteiger partial charge in [0.05, 0.1) is 0 Å². The van der Waals surface area contributed by atoms with Crippen LogP contribution in [0.1, 0.15) is 11.3 Å². The van der Waals surface area contributed by atoms with Gasteiger partial charge in [0.1, 0.15) is 0 Å². The molecule has 0 saturated heterocycles. The Balaban J connectivity index is 2.57. The normalized spacial score (nSPS) is 9.42. The number of nitrogens with one attached hydrogen (secondary N) is 1. The van der Waals surface area contributed by atoms with E-state index in [0.717, 1.165) is 11.3 Å². The minimum atomic E-state index is -1.01. The maximum Gasteiger partial charge on any atom is 0.404 e. The van der Waals surface area contributed by atoms with E-state index in [2.05, 4.69) is 10.3 Å². The van der Waals surface area contributed by atoms with E-state index in [4.69, 9.17) is 5.11 Å². The highest BCUT2D eigenvalue weighted by Gasteiger charge is 1.96. The predicted octanol–water partition coefficient (Wildman–Crippen LogP) is 1.16. The highest BCUT2D eigenvalue weighted by Crippen LogP contribution is 1.99. The van der Waals surface area contributed by atoms with Gasteiger partial charge in [-0.25, -0.2) is 4.79 Å². The van der Waals surface area contributed by atoms with Gasteiger partial charge in [0, 0.05) is 18.4 Å². The number of hydrogen-bond acceptors (Lipinski definition) is 2. The van der Waals surface area contributed by atoms with Crippen molar-refractivity contribution >= 4 is 6.09 Å². The molecule has 1 aromatic rings. The first-order valence-electron chi connectivity index (χ1n) is 3.57. The summed E-state index contributed by atoms with van der Waals surface area (Å²) in [6.07, 6.45) is 0.651. The monoisotopic (exact) mass is 166 g/mol. The van der Waals surface area contributed by atoms with Crippen LogP contribution in [0.5, 0.6) is 0 Å². The number of hydrogen-bond donors (Lipinski definition) is 2. The molecule has 1 rings (SSSR count). The summed E-state index contributed by atoms with van der Waals surface area (Å²) in [6.45, 7) is 2.20. The lowest BCUT2D eigenvalue weighted by Gasteiger charge is -2.00. The summed E-state index contributed by atoms with van der Waals surface area (Å²) in [7, 11) is 0. The molecule has 0 fully saturated rings. The Labute approximate surface area is 70.3 Å². The van der Waals surface area contributed by atoms with Gasteiger partial charge in [-0.2, -0.15) is 0 Å². The average molecular weight is 166 g/mol. The van der Waals surface area contributed by atoms with Gasteiger partial charge < -0.3 is 10.4 Å². The topological polar surface area (TPSA) is 62.2 Å². The molecule has 1 amide bonds. The summed E-state index contributed by atoms with van der Waals surface area (Å²) in [5.74, 6) is 0. The molecule has 0 saturated carbocycles. The molecule has 0 atom stereocenters. The molecule has 64 valence electrons. The van der Waals surface area contributed by atoms with Crippen LogP contribution in [0.4, 0.5) is 4.79 Å². The largest absolute Gasteiger partial charge is 0.465 e. The van der Waals surface area contributed by atoms with Crippen LogP contribution >= 0.6 is 0 Å². The fraction of sp³-hybridized carbons (Fsp3) is 0.250. The smallest absolute Gasteiger partial charge is 0.404 e. The number of pyridine rings is 1. The Morgan fingerprint density at radius 2 is 2.50 bits per heavy atom. The highest BCUT2D eigenvalue weighted by atomic mass is 16.4. The van der Waals surface area contributed by atoms with Gasteiger partial charge in [0.25, 0.3) is 0 Å². The van der Waals surface area contributed by atoms with E-state index in [-0.39, 0.29) is 0 Å². The van der Waals surface area contributed by atoms with Crippen LogP contribution in [0.25, 0.3) is 0 Å². The molecular weight excluding hydrogens is 156 g/mol. The van der Waals surface area contributed by atoms with E-state index in [0.29, 0.717) is 6.54 Å². The van der Waals surface area contributed by atoms with E-state index in [1.807, 2.05) is 13.0 Å². The van der Waals surface area contributed by atoms with Crippen molar-refractivity contribution < 1.29 is 9.90 Å². The second-order valence-corrected chi connectivity index (χ2v) is 2.46. The van der Waals surface area contributed by atoms with Gasteiger partial charge in [0.2, 0.25) is 0 Å². The number of aromatic nitrogens is 1. The highest BCUT2D eigenvalue weighted by molar-refractivity contribution is 5.64. The number of aryl methyl sites for hydroxylation is 1. The number of carboxylic acid groups (broad SMARTS) is 1. The first-order valence-corrected chi connectivity index (χ1v) is 3.57. The SMILES string of the molecule is Cc1cc(CNC(=O)O)ccn1. The lowest BCUT2D eigenvalue weighted by Crippen LogP contribution is -2.19. The third-order valence-electron chi connectivity index (χ3n) is 1.40. The predicted molar refractivity (Wildman–Crippen MR) is 43.8 cm³/mol. The quantitative estimate of drug-likeness (QED) is 0.692. The zero-order valence-electron chi connectivity index (χ0n) is 6.74. The lowest BCUT2D eigenvalue weighted by atomic mass is 10.2. The Kier molecular flexibility index (Phi) is 2.63. The molecule has 0 unspecified atom stereocenters. The maximum atomic E-state index is 10.1. The van der Waals surface area contributed by atoms with Crippen LogP contribution in [-0.4, -0.2) is 16.2 Å². The zero-order chi connectivity index (χ0) is 8.97. The van der Waals surface area contributed by atoms with Crippen molar-refractivity contribution in [1.29, 1.82) is 0 Å². The van der Waals surface area contributed by atoms with Crippen LogP contribution in [0.3, 0.4) is 0 Å². The summed E-state index contributed by atoms with van der Waals surface area (Å²) < 4.78 is 0. The third-order valence-corrected chi connectivity index (χ3v) is 1.40. The van der Waals surface area contributed by atoms with Gasteiger partial charge in [-0.15, -0.1) is 0 Å². The number of nitrogens with zero attached hydrogens (tertiary/aromatic N) is 1. The second kappa shape index (κ2) is 3.71. The summed E-state index contributed by atoms with van der Waals surface area (Å²) in [4.78, 5) is 14.1. The standard InChI is InChI=1S/C8H10N2O2/c1-6-4-7(2-3-9-6)5-10-8(11)12/h2-4,10H,5H2,1H3,(H,11,12). The van der Waals surface area contributed by atoms with Gasteiger partial charge in [-0.3, -0.25) is 4.98 Å². The van der Waals surface area contributed by atoms with Gasteiger partial charge in [-0.05, 0) is 24.6 Å². The van der Waals surface area contributed by atoms with Gasteiger partial charge >= 0.3 is 6.09 Å². The molecule has 0 aliphatic rings. The van der Waals surface area contributed by atoms with E-state index >= 15 is 0 Å². The van der Waals surface area contributed by atoms with Crippen molar-refractivity contribution in [2.24, 2.45) is 0 Å². The van der Waals surface area contributed by atoms with Crippen LogP contribution in [-0.2, 0) is 6.54 Å². The minimum Gasteiger partial charge on any atom is -0.465 e. The molecule has 1 heterocycles. The van der Waals surface area contributed by atoms with Gasteiger partial charge in [0.15, 0.2) is 0 Å². The Morgan fingerprint density at radius 1 is 1.75 bits per heavy atom. The lowest BCUT2D eigenvalue weighted by molar-refractivity contribution is 0.194. The van der Waals surface area contributed by atoms with Crippen LogP contribution in [0.2, 0.25) is 0 Å². The number of rotatable bonds is 2. The molecule has 0 aromatic carbocycles. The third kappa shape index (κ3) is 2.57. The Hall–Kier alpha value is -1.58. The summed E-state index contributed by atoms with van der Waals surface area (Å²) >= 11 is 0. The second-order valence-electron chi connectivity index (χ2n) is 2.46. The average Bonchev–Trinajstić information content (AvgIpc) is 2.01. The minimum absolute atomic E-state index is 0.332. The molecule has 2 N–H and O–H groups in total. The molecule has 4 nitrogen and oxygen atoms in total. The summed E-state index contributed by atoms with van der Waals surface area (Å²) in [6, 6.07) is 3.62. The van der Waals surface area contributed by atoms with E-state index in [9.17, 15) is 4.79 Å². The molecule has 0 bridgehead atoms. The maximum absolute atomic E-state index is 10.1. The Morgan fingerprint density at radius 3 is 3.08 bits per heavy atom.